The summed E-state index contributed by atoms with van der Waals surface area (Å²) in [6.45, 7) is 5.72. The Morgan fingerprint density at radius 1 is 1.18 bits per heavy atom. The lowest BCUT2D eigenvalue weighted by atomic mass is 10.0. The zero-order valence-corrected chi connectivity index (χ0v) is 12.7. The first-order valence-corrected chi connectivity index (χ1v) is 6.95. The standard InChI is InChI=1S/C16H16N2O4/c1-9-4-13-12(7-20-14(13)5-10(9)2)6-16(19)21-8-15-18-17-11(3)22-15/h4-5,7H,6,8H2,1-3H3. The van der Waals surface area contributed by atoms with Crippen molar-refractivity contribution in [2.45, 2.75) is 33.8 Å². The Hall–Kier alpha value is -2.63. The third kappa shape index (κ3) is 2.86. The van der Waals surface area contributed by atoms with Crippen molar-refractivity contribution < 1.29 is 18.4 Å². The topological polar surface area (TPSA) is 78.4 Å². The van der Waals surface area contributed by atoms with Gasteiger partial charge in [0.2, 0.25) is 5.89 Å². The summed E-state index contributed by atoms with van der Waals surface area (Å²) in [4.78, 5) is 11.9. The summed E-state index contributed by atoms with van der Waals surface area (Å²) in [5, 5.41) is 8.39. The van der Waals surface area contributed by atoms with Gasteiger partial charge in [-0.05, 0) is 37.1 Å². The van der Waals surface area contributed by atoms with Crippen LogP contribution in [-0.2, 0) is 22.6 Å². The smallest absolute Gasteiger partial charge is 0.310 e. The molecule has 0 N–H and O–H groups in total. The largest absolute Gasteiger partial charge is 0.464 e. The second-order valence-electron chi connectivity index (χ2n) is 5.25. The van der Waals surface area contributed by atoms with Crippen LogP contribution in [0.1, 0.15) is 28.5 Å². The minimum Gasteiger partial charge on any atom is -0.464 e. The summed E-state index contributed by atoms with van der Waals surface area (Å²) in [7, 11) is 0. The molecule has 0 radical (unpaired) electrons. The lowest BCUT2D eigenvalue weighted by Crippen LogP contribution is -2.08. The maximum Gasteiger partial charge on any atom is 0.310 e. The van der Waals surface area contributed by atoms with Gasteiger partial charge in [-0.3, -0.25) is 4.79 Å². The summed E-state index contributed by atoms with van der Waals surface area (Å²) in [5.74, 6) is 0.365. The summed E-state index contributed by atoms with van der Waals surface area (Å²) in [5.41, 5.74) is 3.90. The van der Waals surface area contributed by atoms with Gasteiger partial charge in [-0.2, -0.15) is 0 Å². The van der Waals surface area contributed by atoms with Gasteiger partial charge in [-0.1, -0.05) is 0 Å². The Labute approximate surface area is 127 Å². The number of rotatable bonds is 4. The van der Waals surface area contributed by atoms with E-state index in [4.69, 9.17) is 13.6 Å². The molecule has 3 aromatic rings. The van der Waals surface area contributed by atoms with E-state index in [1.807, 2.05) is 26.0 Å². The predicted octanol–water partition coefficient (Wildman–Crippen LogP) is 3.03. The van der Waals surface area contributed by atoms with E-state index in [1.54, 1.807) is 13.2 Å². The highest BCUT2D eigenvalue weighted by atomic mass is 16.5. The predicted molar refractivity (Wildman–Crippen MR) is 78.2 cm³/mol. The second kappa shape index (κ2) is 5.63. The molecule has 2 aromatic heterocycles. The maximum absolute atomic E-state index is 11.9. The van der Waals surface area contributed by atoms with Crippen molar-refractivity contribution in [3.8, 4) is 0 Å². The van der Waals surface area contributed by atoms with Crippen LogP contribution in [0.3, 0.4) is 0 Å². The third-order valence-corrected chi connectivity index (χ3v) is 3.53. The molecule has 6 nitrogen and oxygen atoms in total. The number of hydrogen-bond acceptors (Lipinski definition) is 6. The quantitative estimate of drug-likeness (QED) is 0.689. The van der Waals surface area contributed by atoms with Crippen LogP contribution in [0.2, 0.25) is 0 Å². The Kier molecular flexibility index (Phi) is 3.66. The molecule has 0 atom stereocenters. The van der Waals surface area contributed by atoms with Crippen LogP contribution >= 0.6 is 0 Å². The van der Waals surface area contributed by atoms with E-state index in [1.165, 1.54) is 0 Å². The van der Waals surface area contributed by atoms with E-state index in [0.717, 1.165) is 27.7 Å². The molecule has 0 aliphatic rings. The van der Waals surface area contributed by atoms with Gasteiger partial charge in [0, 0.05) is 17.9 Å². The first-order valence-electron chi connectivity index (χ1n) is 6.95. The van der Waals surface area contributed by atoms with E-state index in [0.29, 0.717) is 5.89 Å². The number of aromatic nitrogens is 2. The average Bonchev–Trinajstić information content (AvgIpc) is 3.05. The zero-order valence-electron chi connectivity index (χ0n) is 12.7. The molecule has 0 bridgehead atoms. The Morgan fingerprint density at radius 2 is 1.95 bits per heavy atom. The van der Waals surface area contributed by atoms with Gasteiger partial charge in [-0.15, -0.1) is 10.2 Å². The molecule has 0 spiro atoms. The lowest BCUT2D eigenvalue weighted by molar-refractivity contribution is -0.144. The summed E-state index contributed by atoms with van der Waals surface area (Å²) in [6, 6.07) is 4.00. The molecule has 0 saturated heterocycles. The normalized spacial score (nSPS) is 11.0. The number of aryl methyl sites for hydroxylation is 3. The van der Waals surface area contributed by atoms with Crippen molar-refractivity contribution in [3.63, 3.8) is 0 Å². The van der Waals surface area contributed by atoms with Crippen molar-refractivity contribution in [1.29, 1.82) is 0 Å². The third-order valence-electron chi connectivity index (χ3n) is 3.53. The molecule has 0 fully saturated rings. The number of furan rings is 1. The minimum absolute atomic E-state index is 0.0202. The molecule has 22 heavy (non-hydrogen) atoms. The van der Waals surface area contributed by atoms with Crippen LogP contribution in [-0.4, -0.2) is 16.2 Å². The SMILES string of the molecule is Cc1nnc(COC(=O)Cc2coc3cc(C)c(C)cc23)o1. The Morgan fingerprint density at radius 3 is 2.68 bits per heavy atom. The fourth-order valence-electron chi connectivity index (χ4n) is 2.22. The first kappa shape index (κ1) is 14.3. The summed E-state index contributed by atoms with van der Waals surface area (Å²) in [6.07, 6.45) is 1.74. The average molecular weight is 300 g/mol. The van der Waals surface area contributed by atoms with Crippen molar-refractivity contribution in [2.24, 2.45) is 0 Å². The van der Waals surface area contributed by atoms with Gasteiger partial charge < -0.3 is 13.6 Å². The summed E-state index contributed by atoms with van der Waals surface area (Å²) >= 11 is 0. The van der Waals surface area contributed by atoms with Crippen LogP contribution in [0.15, 0.2) is 27.2 Å². The van der Waals surface area contributed by atoms with Crippen LogP contribution in [0, 0.1) is 20.8 Å². The molecule has 0 aliphatic carbocycles. The van der Waals surface area contributed by atoms with Crippen LogP contribution < -0.4 is 0 Å². The second-order valence-corrected chi connectivity index (χ2v) is 5.25. The summed E-state index contributed by atoms with van der Waals surface area (Å²) < 4.78 is 15.8. The fourth-order valence-corrected chi connectivity index (χ4v) is 2.22. The van der Waals surface area contributed by atoms with E-state index in [9.17, 15) is 4.79 Å². The van der Waals surface area contributed by atoms with E-state index >= 15 is 0 Å². The highest BCUT2D eigenvalue weighted by molar-refractivity contribution is 5.86. The lowest BCUT2D eigenvalue weighted by Gasteiger charge is -2.02. The molecular weight excluding hydrogens is 284 g/mol. The number of nitrogens with zero attached hydrogens (tertiary/aromatic N) is 2. The molecule has 0 unspecified atom stereocenters. The molecule has 2 heterocycles. The number of carbonyl (C=O) groups is 1. The van der Waals surface area contributed by atoms with E-state index < -0.39 is 0 Å². The van der Waals surface area contributed by atoms with Crippen molar-refractivity contribution in [3.05, 3.63) is 46.9 Å². The monoisotopic (exact) mass is 300 g/mol. The van der Waals surface area contributed by atoms with Gasteiger partial charge in [0.15, 0.2) is 6.61 Å². The maximum atomic E-state index is 11.9. The first-order chi connectivity index (χ1) is 10.5. The van der Waals surface area contributed by atoms with Crippen LogP contribution in [0.4, 0.5) is 0 Å². The highest BCUT2D eigenvalue weighted by Gasteiger charge is 2.14. The van der Waals surface area contributed by atoms with Crippen LogP contribution in [0.5, 0.6) is 0 Å². The molecule has 114 valence electrons. The molecule has 6 heteroatoms. The molecule has 0 saturated carbocycles. The Bertz CT molecular complexity index is 832. The van der Waals surface area contributed by atoms with Crippen molar-refractivity contribution in [1.82, 2.24) is 10.2 Å². The van der Waals surface area contributed by atoms with Crippen molar-refractivity contribution in [2.75, 3.05) is 0 Å². The number of esters is 1. The number of benzene rings is 1. The van der Waals surface area contributed by atoms with Crippen LogP contribution in [0.25, 0.3) is 11.0 Å². The zero-order chi connectivity index (χ0) is 15.7. The molecule has 0 amide bonds. The number of fused-ring (bicyclic) bond motifs is 1. The van der Waals surface area contributed by atoms with Crippen molar-refractivity contribution >= 4 is 16.9 Å². The number of carbonyl (C=O) groups excluding carboxylic acids is 1. The Balaban J connectivity index is 1.70. The van der Waals surface area contributed by atoms with E-state index in [2.05, 4.69) is 10.2 Å². The van der Waals surface area contributed by atoms with Gasteiger partial charge in [0.1, 0.15) is 5.58 Å². The van der Waals surface area contributed by atoms with Gasteiger partial charge >= 0.3 is 5.97 Å². The molecule has 1 aromatic carbocycles. The molecule has 3 rings (SSSR count). The molecule has 0 aliphatic heterocycles. The number of hydrogen-bond donors (Lipinski definition) is 0. The van der Waals surface area contributed by atoms with Gasteiger partial charge in [-0.25, -0.2) is 0 Å². The van der Waals surface area contributed by atoms with E-state index in [-0.39, 0.29) is 24.9 Å². The highest BCUT2D eigenvalue weighted by Crippen LogP contribution is 2.25. The molecular formula is C16H16N2O4. The number of ether oxygens (including phenoxy) is 1. The van der Waals surface area contributed by atoms with Gasteiger partial charge in [0.25, 0.3) is 5.89 Å². The fraction of sp³-hybridized carbons (Fsp3) is 0.312. The minimum atomic E-state index is -0.364. The van der Waals surface area contributed by atoms with Gasteiger partial charge in [0.05, 0.1) is 12.7 Å².